The first-order chi connectivity index (χ1) is 16.8. The van der Waals surface area contributed by atoms with Crippen molar-refractivity contribution in [1.82, 2.24) is 14.9 Å². The second kappa shape index (κ2) is 11.3. The number of sulfonamides is 1. The zero-order valence-corrected chi connectivity index (χ0v) is 21.6. The molecular formula is C26H31N3O4S2. The number of benzene rings is 2. The van der Waals surface area contributed by atoms with Crippen LogP contribution >= 0.6 is 11.3 Å². The van der Waals surface area contributed by atoms with Crippen molar-refractivity contribution in [2.75, 3.05) is 20.2 Å². The predicted molar refractivity (Wildman–Crippen MR) is 138 cm³/mol. The zero-order chi connectivity index (χ0) is 24.8. The maximum Gasteiger partial charge on any atom is 0.252 e. The molecule has 3 aromatic rings. The maximum absolute atomic E-state index is 13.2. The summed E-state index contributed by atoms with van der Waals surface area (Å²) in [6, 6.07) is 19.0. The quantitative estimate of drug-likeness (QED) is 0.453. The van der Waals surface area contributed by atoms with Gasteiger partial charge in [-0.25, -0.2) is 8.42 Å². The van der Waals surface area contributed by atoms with Gasteiger partial charge in [-0.05, 0) is 55.7 Å². The average Bonchev–Trinajstić information content (AvgIpc) is 3.37. The fraction of sp³-hybridized carbons (Fsp3) is 0.346. The third-order valence-electron chi connectivity index (χ3n) is 6.16. The standard InChI is InChI=1S/C26H31N3O4S2/c1-19-6-8-20(9-7-19)17-27-22-12-14-29(15-13-22)35(31,32)25-11-10-24(34-25)18-28-26(30)21-4-3-5-23(16-21)33-2/h3-11,16,22,27H,12-15,17-18H2,1-2H3,(H,28,30). The molecule has 2 aromatic carbocycles. The van der Waals surface area contributed by atoms with Crippen molar-refractivity contribution < 1.29 is 17.9 Å². The minimum Gasteiger partial charge on any atom is -0.497 e. The zero-order valence-electron chi connectivity index (χ0n) is 20.0. The normalized spacial score (nSPS) is 15.1. The van der Waals surface area contributed by atoms with E-state index in [0.29, 0.717) is 34.7 Å². The van der Waals surface area contributed by atoms with Gasteiger partial charge in [0.1, 0.15) is 9.96 Å². The number of hydrogen-bond acceptors (Lipinski definition) is 6. The van der Waals surface area contributed by atoms with Crippen molar-refractivity contribution in [3.63, 3.8) is 0 Å². The third-order valence-corrected chi connectivity index (χ3v) is 9.61. The average molecular weight is 514 g/mol. The highest BCUT2D eigenvalue weighted by molar-refractivity contribution is 7.91. The number of rotatable bonds is 9. The highest BCUT2D eigenvalue weighted by Crippen LogP contribution is 2.27. The molecule has 0 aliphatic carbocycles. The van der Waals surface area contributed by atoms with Gasteiger partial charge < -0.3 is 15.4 Å². The molecule has 0 bridgehead atoms. The van der Waals surface area contributed by atoms with Crippen molar-refractivity contribution in [3.8, 4) is 5.75 Å². The first kappa shape index (κ1) is 25.4. The Balaban J connectivity index is 1.28. The first-order valence-corrected chi connectivity index (χ1v) is 13.9. The summed E-state index contributed by atoms with van der Waals surface area (Å²) in [5.41, 5.74) is 2.96. The Morgan fingerprint density at radius 1 is 1.06 bits per heavy atom. The number of piperidine rings is 1. The van der Waals surface area contributed by atoms with Crippen molar-refractivity contribution >= 4 is 27.3 Å². The van der Waals surface area contributed by atoms with Gasteiger partial charge in [0.05, 0.1) is 13.7 Å². The lowest BCUT2D eigenvalue weighted by molar-refractivity contribution is 0.0951. The Morgan fingerprint density at radius 2 is 1.80 bits per heavy atom. The number of hydrogen-bond donors (Lipinski definition) is 2. The molecule has 1 fully saturated rings. The van der Waals surface area contributed by atoms with Crippen LogP contribution in [0.1, 0.15) is 39.2 Å². The van der Waals surface area contributed by atoms with E-state index in [1.165, 1.54) is 22.5 Å². The maximum atomic E-state index is 13.2. The van der Waals surface area contributed by atoms with Crippen LogP contribution in [0, 0.1) is 6.92 Å². The number of thiophene rings is 1. The van der Waals surface area contributed by atoms with E-state index >= 15 is 0 Å². The Labute approximate surface area is 211 Å². The number of nitrogens with zero attached hydrogens (tertiary/aromatic N) is 1. The van der Waals surface area contributed by atoms with Crippen LogP contribution in [0.15, 0.2) is 64.9 Å². The summed E-state index contributed by atoms with van der Waals surface area (Å²) < 4.78 is 33.4. The van der Waals surface area contributed by atoms with Crippen molar-refractivity contribution in [3.05, 3.63) is 82.2 Å². The molecule has 4 rings (SSSR count). The fourth-order valence-electron chi connectivity index (χ4n) is 4.02. The SMILES string of the molecule is COc1cccc(C(=O)NCc2ccc(S(=O)(=O)N3CCC(NCc4ccc(C)cc4)CC3)s2)c1. The Kier molecular flexibility index (Phi) is 8.22. The van der Waals surface area contributed by atoms with Crippen molar-refractivity contribution in [1.29, 1.82) is 0 Å². The van der Waals surface area contributed by atoms with Gasteiger partial charge in [0, 0.05) is 36.1 Å². The van der Waals surface area contributed by atoms with Crippen LogP contribution in [0.5, 0.6) is 5.75 Å². The van der Waals surface area contributed by atoms with Crippen LogP contribution in [0.4, 0.5) is 0 Å². The minimum absolute atomic E-state index is 0.234. The van der Waals surface area contributed by atoms with E-state index < -0.39 is 10.0 Å². The summed E-state index contributed by atoms with van der Waals surface area (Å²) in [5, 5.41) is 6.40. The van der Waals surface area contributed by atoms with Crippen LogP contribution in [-0.4, -0.2) is 44.9 Å². The van der Waals surface area contributed by atoms with E-state index in [-0.39, 0.29) is 12.5 Å². The highest BCUT2D eigenvalue weighted by Gasteiger charge is 2.30. The molecule has 2 heterocycles. The van der Waals surface area contributed by atoms with E-state index in [1.807, 2.05) is 0 Å². The summed E-state index contributed by atoms with van der Waals surface area (Å²) >= 11 is 1.20. The molecule has 0 radical (unpaired) electrons. The molecule has 1 amide bonds. The largest absolute Gasteiger partial charge is 0.497 e. The molecule has 7 nitrogen and oxygen atoms in total. The number of carbonyl (C=O) groups is 1. The summed E-state index contributed by atoms with van der Waals surface area (Å²) in [7, 11) is -1.99. The Hall–Kier alpha value is -2.72. The van der Waals surface area contributed by atoms with Gasteiger partial charge in [-0.3, -0.25) is 4.79 Å². The van der Waals surface area contributed by atoms with E-state index in [1.54, 1.807) is 47.8 Å². The molecule has 1 saturated heterocycles. The number of amides is 1. The highest BCUT2D eigenvalue weighted by atomic mass is 32.2. The summed E-state index contributed by atoms with van der Waals surface area (Å²) in [6.45, 7) is 4.11. The van der Waals surface area contributed by atoms with Gasteiger partial charge >= 0.3 is 0 Å². The molecule has 186 valence electrons. The lowest BCUT2D eigenvalue weighted by atomic mass is 10.1. The van der Waals surface area contributed by atoms with Crippen LogP contribution in [0.3, 0.4) is 0 Å². The monoisotopic (exact) mass is 513 g/mol. The van der Waals surface area contributed by atoms with Gasteiger partial charge in [-0.15, -0.1) is 11.3 Å². The number of methoxy groups -OCH3 is 1. The molecule has 9 heteroatoms. The topological polar surface area (TPSA) is 87.7 Å². The molecule has 0 spiro atoms. The molecule has 2 N–H and O–H groups in total. The molecule has 0 atom stereocenters. The van der Waals surface area contributed by atoms with E-state index in [9.17, 15) is 13.2 Å². The van der Waals surface area contributed by atoms with Crippen LogP contribution < -0.4 is 15.4 Å². The number of ether oxygens (including phenoxy) is 1. The van der Waals surface area contributed by atoms with Gasteiger partial charge in [0.15, 0.2) is 0 Å². The van der Waals surface area contributed by atoms with Crippen LogP contribution in [0.25, 0.3) is 0 Å². The second-order valence-corrected chi connectivity index (χ2v) is 12.0. The van der Waals surface area contributed by atoms with Gasteiger partial charge in [-0.2, -0.15) is 4.31 Å². The van der Waals surface area contributed by atoms with E-state index in [4.69, 9.17) is 4.74 Å². The smallest absolute Gasteiger partial charge is 0.252 e. The number of aryl methyl sites for hydroxylation is 1. The lowest BCUT2D eigenvalue weighted by Crippen LogP contribution is -2.44. The molecule has 1 aromatic heterocycles. The first-order valence-electron chi connectivity index (χ1n) is 11.7. The number of nitrogens with one attached hydrogen (secondary N) is 2. The van der Waals surface area contributed by atoms with E-state index in [2.05, 4.69) is 41.8 Å². The lowest BCUT2D eigenvalue weighted by Gasteiger charge is -2.31. The third kappa shape index (κ3) is 6.49. The molecule has 35 heavy (non-hydrogen) atoms. The van der Waals surface area contributed by atoms with Gasteiger partial charge in [-0.1, -0.05) is 35.9 Å². The van der Waals surface area contributed by atoms with Gasteiger partial charge in [0.2, 0.25) is 0 Å². The molecule has 1 aliphatic heterocycles. The number of carbonyl (C=O) groups excluding carboxylic acids is 1. The Bertz CT molecular complexity index is 1250. The molecule has 0 unspecified atom stereocenters. The van der Waals surface area contributed by atoms with E-state index in [0.717, 1.165) is 24.3 Å². The Morgan fingerprint density at radius 3 is 2.51 bits per heavy atom. The van der Waals surface area contributed by atoms with Crippen LogP contribution in [-0.2, 0) is 23.1 Å². The fourth-order valence-corrected chi connectivity index (χ4v) is 6.94. The summed E-state index contributed by atoms with van der Waals surface area (Å²) in [6.07, 6.45) is 1.56. The van der Waals surface area contributed by atoms with Crippen molar-refractivity contribution in [2.45, 2.75) is 43.1 Å². The minimum atomic E-state index is -3.54. The molecule has 1 aliphatic rings. The molecule has 0 saturated carbocycles. The van der Waals surface area contributed by atoms with Crippen molar-refractivity contribution in [2.24, 2.45) is 0 Å². The van der Waals surface area contributed by atoms with Gasteiger partial charge in [0.25, 0.3) is 15.9 Å². The second-order valence-electron chi connectivity index (χ2n) is 8.68. The predicted octanol–water partition coefficient (Wildman–Crippen LogP) is 3.94. The molecular weight excluding hydrogens is 482 g/mol. The van der Waals surface area contributed by atoms with Crippen LogP contribution in [0.2, 0.25) is 0 Å². The summed E-state index contributed by atoms with van der Waals surface area (Å²) in [5.74, 6) is 0.373. The summed E-state index contributed by atoms with van der Waals surface area (Å²) in [4.78, 5) is 13.2.